The van der Waals surface area contributed by atoms with E-state index in [1.807, 2.05) is 0 Å². The predicted octanol–water partition coefficient (Wildman–Crippen LogP) is 3.12. The summed E-state index contributed by atoms with van der Waals surface area (Å²) in [7, 11) is 0. The molecule has 2 atom stereocenters. The Labute approximate surface area is 180 Å². The van der Waals surface area contributed by atoms with E-state index >= 15 is 0 Å². The van der Waals surface area contributed by atoms with Crippen LogP contribution in [0.1, 0.15) is 46.6 Å². The number of ketones is 1. The van der Waals surface area contributed by atoms with Gasteiger partial charge in [0.2, 0.25) is 0 Å². The Kier molecular flexibility index (Phi) is 8.63. The van der Waals surface area contributed by atoms with E-state index in [0.29, 0.717) is 0 Å². The lowest BCUT2D eigenvalue weighted by Gasteiger charge is -2.35. The molecule has 174 valence electrons. The summed E-state index contributed by atoms with van der Waals surface area (Å²) in [5, 5.41) is 1.61. The maximum absolute atomic E-state index is 14.7. The van der Waals surface area contributed by atoms with Crippen LogP contribution in [0.2, 0.25) is 0 Å². The molecule has 2 N–H and O–H groups in total. The van der Waals surface area contributed by atoms with Crippen LogP contribution in [0.15, 0.2) is 18.2 Å². The first-order valence-electron chi connectivity index (χ1n) is 8.98. The standard InChI is InChI=1S/C19H24F4N2O5S/c1-11(26)30-10-13(27)9-18(5,25-31(29)17(2,3)4)14-8-12(6-7-15(14)20)24-16(28)19(21,22)23/h6-8,25H,9-10H2,1-5H3,(H,24,28)/t18-,31+/m0/s1. The molecule has 7 nitrogen and oxygen atoms in total. The third-order valence-corrected chi connectivity index (χ3v) is 5.69. The SMILES string of the molecule is CC(=O)OCC(=O)C[C@](C)(N[S@+]([O-])C(C)(C)C)c1cc(NC(=O)C(F)(F)F)ccc1F. The fourth-order valence-corrected chi connectivity index (χ4v) is 3.30. The number of amides is 1. The van der Waals surface area contributed by atoms with Gasteiger partial charge in [0.25, 0.3) is 0 Å². The first-order chi connectivity index (χ1) is 14.0. The van der Waals surface area contributed by atoms with E-state index in [2.05, 4.69) is 9.46 Å². The molecule has 0 bridgehead atoms. The van der Waals surface area contributed by atoms with Crippen molar-refractivity contribution in [2.24, 2.45) is 0 Å². The molecule has 0 heterocycles. The van der Waals surface area contributed by atoms with Crippen LogP contribution in [0, 0.1) is 5.82 Å². The largest absolute Gasteiger partial charge is 0.598 e. The number of nitrogens with one attached hydrogen (secondary N) is 2. The molecule has 1 aromatic rings. The molecule has 1 aromatic carbocycles. The van der Waals surface area contributed by atoms with Crippen molar-refractivity contribution in [2.75, 3.05) is 11.9 Å². The zero-order valence-corrected chi connectivity index (χ0v) is 18.4. The smallest absolute Gasteiger partial charge is 0.471 e. The minimum absolute atomic E-state index is 0.304. The Morgan fingerprint density at radius 3 is 2.19 bits per heavy atom. The van der Waals surface area contributed by atoms with Crippen molar-refractivity contribution in [3.05, 3.63) is 29.6 Å². The molecule has 0 aliphatic rings. The number of Topliss-reactive ketones (excluding diaryl/α,β-unsaturated/α-hetero) is 1. The Morgan fingerprint density at radius 2 is 1.71 bits per heavy atom. The van der Waals surface area contributed by atoms with Crippen LogP contribution in [0.25, 0.3) is 0 Å². The second kappa shape index (κ2) is 9.96. The quantitative estimate of drug-likeness (QED) is 0.345. The van der Waals surface area contributed by atoms with Crippen molar-refractivity contribution in [1.29, 1.82) is 0 Å². The van der Waals surface area contributed by atoms with Gasteiger partial charge in [-0.2, -0.15) is 13.2 Å². The lowest BCUT2D eigenvalue weighted by Crippen LogP contribution is -2.51. The van der Waals surface area contributed by atoms with Gasteiger partial charge in [0, 0.05) is 36.0 Å². The van der Waals surface area contributed by atoms with Crippen molar-refractivity contribution in [1.82, 2.24) is 4.72 Å². The van der Waals surface area contributed by atoms with E-state index in [1.54, 1.807) is 26.1 Å². The van der Waals surface area contributed by atoms with Crippen LogP contribution in [0.5, 0.6) is 0 Å². The molecule has 0 aliphatic heterocycles. The highest BCUT2D eigenvalue weighted by atomic mass is 32.2. The topological polar surface area (TPSA) is 108 Å². The molecule has 0 aliphatic carbocycles. The zero-order valence-electron chi connectivity index (χ0n) is 17.6. The van der Waals surface area contributed by atoms with Crippen LogP contribution in [0.4, 0.5) is 23.2 Å². The predicted molar refractivity (Wildman–Crippen MR) is 106 cm³/mol. The maximum Gasteiger partial charge on any atom is 0.471 e. The highest BCUT2D eigenvalue weighted by Crippen LogP contribution is 2.33. The van der Waals surface area contributed by atoms with Crippen LogP contribution in [0.3, 0.4) is 0 Å². The summed E-state index contributed by atoms with van der Waals surface area (Å²) in [6.45, 7) is 6.65. The van der Waals surface area contributed by atoms with Gasteiger partial charge in [0.05, 0.1) is 5.54 Å². The van der Waals surface area contributed by atoms with Crippen LogP contribution in [-0.2, 0) is 36.0 Å². The Balaban J connectivity index is 3.36. The van der Waals surface area contributed by atoms with Crippen molar-refractivity contribution in [2.45, 2.75) is 57.5 Å². The van der Waals surface area contributed by atoms with E-state index < -0.39 is 64.3 Å². The number of anilines is 1. The van der Waals surface area contributed by atoms with Crippen molar-refractivity contribution in [3.63, 3.8) is 0 Å². The summed E-state index contributed by atoms with van der Waals surface area (Å²) in [6, 6.07) is 2.66. The van der Waals surface area contributed by atoms with Gasteiger partial charge in [-0.3, -0.25) is 14.4 Å². The molecule has 0 spiro atoms. The Bertz CT molecular complexity index is 842. The molecule has 1 rings (SSSR count). The monoisotopic (exact) mass is 468 g/mol. The second-order valence-corrected chi connectivity index (χ2v) is 9.92. The van der Waals surface area contributed by atoms with E-state index in [-0.39, 0.29) is 11.3 Å². The number of rotatable bonds is 8. The third-order valence-electron chi connectivity index (χ3n) is 3.94. The Hall–Kier alpha value is -2.18. The van der Waals surface area contributed by atoms with E-state index in [9.17, 15) is 36.5 Å². The molecule has 0 aromatic heterocycles. The average Bonchev–Trinajstić information content (AvgIpc) is 2.59. The van der Waals surface area contributed by atoms with Crippen LogP contribution in [-0.4, -0.2) is 39.7 Å². The number of ether oxygens (including phenoxy) is 1. The Morgan fingerprint density at radius 1 is 1.13 bits per heavy atom. The molecule has 31 heavy (non-hydrogen) atoms. The molecular weight excluding hydrogens is 444 g/mol. The summed E-state index contributed by atoms with van der Waals surface area (Å²) >= 11 is -1.82. The van der Waals surface area contributed by atoms with Gasteiger partial charge in [-0.15, -0.1) is 4.72 Å². The van der Waals surface area contributed by atoms with Crippen LogP contribution < -0.4 is 10.0 Å². The van der Waals surface area contributed by atoms with E-state index in [4.69, 9.17) is 0 Å². The highest BCUT2D eigenvalue weighted by molar-refractivity contribution is 7.90. The summed E-state index contributed by atoms with van der Waals surface area (Å²) in [6.07, 6.45) is -5.67. The first kappa shape index (κ1) is 26.9. The molecule has 0 fully saturated rings. The van der Waals surface area contributed by atoms with Gasteiger partial charge < -0.3 is 14.6 Å². The normalized spacial score (nSPS) is 15.0. The number of hydrogen-bond acceptors (Lipinski definition) is 6. The van der Waals surface area contributed by atoms with Crippen LogP contribution >= 0.6 is 0 Å². The van der Waals surface area contributed by atoms with Gasteiger partial charge >= 0.3 is 18.1 Å². The fourth-order valence-electron chi connectivity index (χ4n) is 2.40. The second-order valence-electron chi connectivity index (χ2n) is 7.96. The van der Waals surface area contributed by atoms with E-state index in [1.165, 1.54) is 6.92 Å². The summed E-state index contributed by atoms with van der Waals surface area (Å²) in [4.78, 5) is 34.5. The number of benzene rings is 1. The molecule has 0 unspecified atom stereocenters. The highest BCUT2D eigenvalue weighted by Gasteiger charge is 2.42. The van der Waals surface area contributed by atoms with Crippen molar-refractivity contribution in [3.8, 4) is 0 Å². The van der Waals surface area contributed by atoms with E-state index in [0.717, 1.165) is 25.1 Å². The number of carbonyl (C=O) groups is 3. The lowest BCUT2D eigenvalue weighted by atomic mass is 9.87. The molecule has 0 radical (unpaired) electrons. The number of esters is 1. The average molecular weight is 468 g/mol. The number of carbonyl (C=O) groups excluding carboxylic acids is 3. The maximum atomic E-state index is 14.7. The van der Waals surface area contributed by atoms with Gasteiger partial charge in [0.15, 0.2) is 5.78 Å². The van der Waals surface area contributed by atoms with Gasteiger partial charge in [-0.1, -0.05) is 0 Å². The van der Waals surface area contributed by atoms with Gasteiger partial charge in [-0.25, -0.2) is 4.39 Å². The molecule has 0 saturated heterocycles. The van der Waals surface area contributed by atoms with Gasteiger partial charge in [-0.05, 0) is 45.9 Å². The fraction of sp³-hybridized carbons (Fsp3) is 0.526. The minimum atomic E-state index is -5.16. The minimum Gasteiger partial charge on any atom is -0.598 e. The van der Waals surface area contributed by atoms with Gasteiger partial charge in [0.1, 0.15) is 17.2 Å². The number of alkyl halides is 3. The molecule has 12 heteroatoms. The first-order valence-corrected chi connectivity index (χ1v) is 10.1. The van der Waals surface area contributed by atoms with Crippen molar-refractivity contribution < 1.29 is 41.2 Å². The van der Waals surface area contributed by atoms with Crippen molar-refractivity contribution >= 4 is 34.7 Å². The molecular formula is C19H24F4N2O5S. The lowest BCUT2D eigenvalue weighted by molar-refractivity contribution is -0.167. The summed E-state index contributed by atoms with van der Waals surface area (Å²) in [5.41, 5.74) is -2.35. The molecule has 1 amide bonds. The third kappa shape index (κ3) is 8.11. The molecule has 0 saturated carbocycles. The summed E-state index contributed by atoms with van der Waals surface area (Å²) < 4.78 is 71.4. The number of hydrogen-bond donors (Lipinski definition) is 2. The number of halogens is 4. The zero-order chi connectivity index (χ0) is 24.2. The summed E-state index contributed by atoms with van der Waals surface area (Å²) in [5.74, 6) is -4.54.